The van der Waals surface area contributed by atoms with Crippen LogP contribution in [0.2, 0.25) is 0 Å². The molecule has 0 aliphatic carbocycles. The van der Waals surface area contributed by atoms with Gasteiger partial charge in [-0.05, 0) is 84.8 Å². The first-order chi connectivity index (χ1) is 29.5. The summed E-state index contributed by atoms with van der Waals surface area (Å²) < 4.78 is 131. The van der Waals surface area contributed by atoms with E-state index >= 15 is 0 Å². The molecule has 0 saturated heterocycles. The standard InChI is InChI=1S/C49H29F9N4/c1-28-18-20-41-39(22-28)40-27-36(49(56,57)58)19-21-42(40)62(41)43-37(31-14-8-16-34(23-31)47(50,51)52)25-33(26-38(43)32-15-9-17-35(24-32)48(53,54)55)46-60-44(29-10-4-2-5-11-29)59-45(61-46)30-12-6-3-7-13-30/h2-27H,1H3. The number of alkyl halides is 9. The maximum absolute atomic E-state index is 14.5. The molecule has 0 aliphatic heterocycles. The van der Waals surface area contributed by atoms with E-state index in [0.29, 0.717) is 27.6 Å². The number of aryl methyl sites for hydroxylation is 1. The van der Waals surface area contributed by atoms with E-state index in [0.717, 1.165) is 36.4 Å². The van der Waals surface area contributed by atoms with Crippen LogP contribution in [0.1, 0.15) is 22.3 Å². The largest absolute Gasteiger partial charge is 0.416 e. The highest BCUT2D eigenvalue weighted by Crippen LogP contribution is 2.46. The summed E-state index contributed by atoms with van der Waals surface area (Å²) in [5, 5.41) is 0.558. The molecule has 0 amide bonds. The molecule has 0 unspecified atom stereocenters. The fourth-order valence-electron chi connectivity index (χ4n) is 7.66. The Bertz CT molecular complexity index is 3010. The van der Waals surface area contributed by atoms with E-state index in [1.807, 2.05) is 12.1 Å². The van der Waals surface area contributed by atoms with Crippen LogP contribution >= 0.6 is 0 Å². The second-order valence-corrected chi connectivity index (χ2v) is 14.7. The molecule has 0 N–H and O–H groups in total. The molecule has 0 spiro atoms. The summed E-state index contributed by atoms with van der Waals surface area (Å²) in [7, 11) is 0. The lowest BCUT2D eigenvalue weighted by molar-refractivity contribution is -0.138. The quantitative estimate of drug-likeness (QED) is 0.157. The molecule has 9 aromatic rings. The van der Waals surface area contributed by atoms with Gasteiger partial charge < -0.3 is 4.57 Å². The summed E-state index contributed by atoms with van der Waals surface area (Å²) in [5.74, 6) is 0.550. The average molecular weight is 845 g/mol. The molecule has 0 fully saturated rings. The monoisotopic (exact) mass is 844 g/mol. The first kappa shape index (κ1) is 40.1. The number of rotatable bonds is 6. The molecule has 4 nitrogen and oxygen atoms in total. The van der Waals surface area contributed by atoms with Gasteiger partial charge >= 0.3 is 18.5 Å². The molecule has 7 aromatic carbocycles. The van der Waals surface area contributed by atoms with Crippen LogP contribution in [0.3, 0.4) is 0 Å². The van der Waals surface area contributed by atoms with Crippen molar-refractivity contribution in [2.75, 3.05) is 0 Å². The summed E-state index contributed by atoms with van der Waals surface area (Å²) in [5.41, 5.74) is 0.121. The van der Waals surface area contributed by atoms with Crippen LogP contribution in [0, 0.1) is 6.92 Å². The molecule has 0 aliphatic rings. The topological polar surface area (TPSA) is 43.6 Å². The minimum atomic E-state index is -4.79. The maximum atomic E-state index is 14.5. The third kappa shape index (κ3) is 7.54. The van der Waals surface area contributed by atoms with E-state index in [2.05, 4.69) is 0 Å². The third-order valence-corrected chi connectivity index (χ3v) is 10.5. The Morgan fingerprint density at radius 1 is 0.371 bits per heavy atom. The number of hydrogen-bond donors (Lipinski definition) is 0. The molecule has 2 heterocycles. The smallest absolute Gasteiger partial charge is 0.308 e. The first-order valence-corrected chi connectivity index (χ1v) is 19.1. The summed E-state index contributed by atoms with van der Waals surface area (Å²) >= 11 is 0. The number of aromatic nitrogens is 4. The molecule has 0 radical (unpaired) electrons. The van der Waals surface area contributed by atoms with Gasteiger partial charge in [-0.1, -0.05) is 96.6 Å². The Hall–Kier alpha value is -7.28. The van der Waals surface area contributed by atoms with E-state index in [4.69, 9.17) is 15.0 Å². The highest BCUT2D eigenvalue weighted by molar-refractivity contribution is 6.11. The molecule has 0 bridgehead atoms. The zero-order valence-corrected chi connectivity index (χ0v) is 32.2. The highest BCUT2D eigenvalue weighted by atomic mass is 19.4. The molecular weight excluding hydrogens is 816 g/mol. The van der Waals surface area contributed by atoms with Crippen molar-refractivity contribution in [2.45, 2.75) is 25.5 Å². The Morgan fingerprint density at radius 2 is 0.774 bits per heavy atom. The zero-order valence-electron chi connectivity index (χ0n) is 32.2. The minimum absolute atomic E-state index is 0.0135. The minimum Gasteiger partial charge on any atom is -0.308 e. The van der Waals surface area contributed by atoms with Gasteiger partial charge in [-0.15, -0.1) is 0 Å². The average Bonchev–Trinajstić information content (AvgIpc) is 3.58. The van der Waals surface area contributed by atoms with Gasteiger partial charge in [-0.2, -0.15) is 39.5 Å². The van der Waals surface area contributed by atoms with Crippen LogP contribution in [-0.4, -0.2) is 19.5 Å². The molecule has 2 aromatic heterocycles. The van der Waals surface area contributed by atoms with Crippen LogP contribution in [0.5, 0.6) is 0 Å². The van der Waals surface area contributed by atoms with Gasteiger partial charge in [0.1, 0.15) is 0 Å². The van der Waals surface area contributed by atoms with Gasteiger partial charge in [0.25, 0.3) is 0 Å². The maximum Gasteiger partial charge on any atom is 0.416 e. The summed E-state index contributed by atoms with van der Waals surface area (Å²) in [4.78, 5) is 14.4. The van der Waals surface area contributed by atoms with Gasteiger partial charge in [-0.3, -0.25) is 0 Å². The molecule has 13 heteroatoms. The van der Waals surface area contributed by atoms with Gasteiger partial charge in [-0.25, -0.2) is 15.0 Å². The lowest BCUT2D eigenvalue weighted by atomic mass is 9.91. The van der Waals surface area contributed by atoms with Crippen molar-refractivity contribution in [3.05, 3.63) is 180 Å². The SMILES string of the molecule is Cc1ccc2c(c1)c1cc(C(F)(F)F)ccc1n2-c1c(-c2cccc(C(F)(F)F)c2)cc(-c2nc(-c3ccccc3)nc(-c3ccccc3)n2)cc1-c1cccc(C(F)(F)F)c1. The van der Waals surface area contributed by atoms with Crippen molar-refractivity contribution in [2.24, 2.45) is 0 Å². The Labute approximate surface area is 347 Å². The van der Waals surface area contributed by atoms with Crippen molar-refractivity contribution in [1.82, 2.24) is 19.5 Å². The fraction of sp³-hybridized carbons (Fsp3) is 0.0816. The Kier molecular flexibility index (Phi) is 9.72. The predicted octanol–water partition coefficient (Wildman–Crippen LogP) is 14.7. The number of benzene rings is 7. The Balaban J connectivity index is 1.46. The van der Waals surface area contributed by atoms with Gasteiger partial charge in [0, 0.05) is 38.6 Å². The summed E-state index contributed by atoms with van der Waals surface area (Å²) in [6, 6.07) is 38.2. The number of nitrogens with zero attached hydrogens (tertiary/aromatic N) is 4. The predicted molar refractivity (Wildman–Crippen MR) is 221 cm³/mol. The van der Waals surface area contributed by atoms with Crippen molar-refractivity contribution in [1.29, 1.82) is 0 Å². The van der Waals surface area contributed by atoms with E-state index in [1.165, 1.54) is 30.3 Å². The third-order valence-electron chi connectivity index (χ3n) is 10.5. The normalized spacial score (nSPS) is 12.4. The molecule has 9 rings (SSSR count). The molecular formula is C49H29F9N4. The van der Waals surface area contributed by atoms with Crippen LogP contribution in [0.15, 0.2) is 158 Å². The Morgan fingerprint density at radius 3 is 1.24 bits per heavy atom. The number of halogens is 9. The zero-order chi connectivity index (χ0) is 43.6. The van der Waals surface area contributed by atoms with Crippen LogP contribution in [0.25, 0.3) is 83.9 Å². The second kappa shape index (κ2) is 15.0. The first-order valence-electron chi connectivity index (χ1n) is 19.1. The summed E-state index contributed by atoms with van der Waals surface area (Å²) in [6.07, 6.45) is -14.3. The number of hydrogen-bond acceptors (Lipinski definition) is 3. The lowest BCUT2D eigenvalue weighted by Crippen LogP contribution is -2.07. The molecule has 62 heavy (non-hydrogen) atoms. The van der Waals surface area contributed by atoms with Crippen LogP contribution < -0.4 is 0 Å². The van der Waals surface area contributed by atoms with E-state index in [9.17, 15) is 39.5 Å². The molecule has 0 atom stereocenters. The molecule has 308 valence electrons. The molecule has 0 saturated carbocycles. The van der Waals surface area contributed by atoms with Crippen LogP contribution in [-0.2, 0) is 18.5 Å². The van der Waals surface area contributed by atoms with Gasteiger partial charge in [0.2, 0.25) is 0 Å². The van der Waals surface area contributed by atoms with Crippen molar-refractivity contribution in [3.63, 3.8) is 0 Å². The fourth-order valence-corrected chi connectivity index (χ4v) is 7.66. The van der Waals surface area contributed by atoms with Gasteiger partial charge in [0.05, 0.1) is 33.4 Å². The second-order valence-electron chi connectivity index (χ2n) is 14.7. The van der Waals surface area contributed by atoms with Crippen molar-refractivity contribution < 1.29 is 39.5 Å². The van der Waals surface area contributed by atoms with E-state index in [1.54, 1.807) is 90.4 Å². The number of fused-ring (bicyclic) bond motifs is 3. The van der Waals surface area contributed by atoms with Crippen molar-refractivity contribution >= 4 is 21.8 Å². The highest BCUT2D eigenvalue weighted by Gasteiger charge is 2.34. The van der Waals surface area contributed by atoms with E-state index < -0.39 is 35.2 Å². The lowest BCUT2D eigenvalue weighted by Gasteiger charge is -2.22. The van der Waals surface area contributed by atoms with Gasteiger partial charge in [0.15, 0.2) is 17.5 Å². The van der Waals surface area contributed by atoms with Crippen molar-refractivity contribution in [3.8, 4) is 62.1 Å². The van der Waals surface area contributed by atoms with Crippen LogP contribution in [0.4, 0.5) is 39.5 Å². The van der Waals surface area contributed by atoms with E-state index in [-0.39, 0.29) is 61.9 Å². The summed E-state index contributed by atoms with van der Waals surface area (Å²) in [6.45, 7) is 1.76.